The van der Waals surface area contributed by atoms with Crippen LogP contribution in [0.1, 0.15) is 18.9 Å². The van der Waals surface area contributed by atoms with E-state index in [9.17, 15) is 4.79 Å². The second-order valence-electron chi connectivity index (χ2n) is 3.86. The third kappa shape index (κ3) is 4.94. The summed E-state index contributed by atoms with van der Waals surface area (Å²) in [6.07, 6.45) is 1.19. The summed E-state index contributed by atoms with van der Waals surface area (Å²) in [5.74, 6) is -0.133. The fourth-order valence-corrected chi connectivity index (χ4v) is 1.26. The number of likely N-dealkylation sites (N-methyl/N-ethyl adjacent to an activating group) is 1. The maximum Gasteiger partial charge on any atom is 0.306 e. The Morgan fingerprint density at radius 2 is 2.06 bits per heavy atom. The third-order valence-electron chi connectivity index (χ3n) is 2.45. The predicted octanol–water partition coefficient (Wildman–Crippen LogP) is 1.77. The highest BCUT2D eigenvalue weighted by atomic mass is 16.5. The highest BCUT2D eigenvalue weighted by Crippen LogP contribution is 2.03. The molecule has 0 aliphatic heterocycles. The number of aryl methyl sites for hydroxylation is 1. The van der Waals surface area contributed by atoms with E-state index in [4.69, 9.17) is 4.74 Å². The second-order valence-corrected chi connectivity index (χ2v) is 3.86. The molecule has 1 rings (SSSR count). The van der Waals surface area contributed by atoms with Crippen LogP contribution in [-0.2, 0) is 16.0 Å². The van der Waals surface area contributed by atoms with Crippen LogP contribution < -0.4 is 5.32 Å². The average Bonchev–Trinajstić information content (AvgIpc) is 2.34. The first-order valence-corrected chi connectivity index (χ1v) is 5.59. The van der Waals surface area contributed by atoms with E-state index in [1.807, 2.05) is 44.3 Å². The summed E-state index contributed by atoms with van der Waals surface area (Å²) in [5.41, 5.74) is 1.17. The zero-order valence-corrected chi connectivity index (χ0v) is 9.90. The lowest BCUT2D eigenvalue weighted by Crippen LogP contribution is -2.28. The number of hydrogen-bond donors (Lipinski definition) is 1. The molecule has 0 spiro atoms. The molecule has 0 fully saturated rings. The van der Waals surface area contributed by atoms with Gasteiger partial charge in [-0.3, -0.25) is 4.79 Å². The Balaban J connectivity index is 2.20. The third-order valence-corrected chi connectivity index (χ3v) is 2.45. The average molecular weight is 221 g/mol. The predicted molar refractivity (Wildman–Crippen MR) is 64.2 cm³/mol. The summed E-state index contributed by atoms with van der Waals surface area (Å²) in [6.45, 7) is 2.41. The monoisotopic (exact) mass is 221 g/mol. The first-order valence-electron chi connectivity index (χ1n) is 5.59. The van der Waals surface area contributed by atoms with Crippen molar-refractivity contribution >= 4 is 5.97 Å². The lowest BCUT2D eigenvalue weighted by molar-refractivity contribution is -0.144. The fourth-order valence-electron chi connectivity index (χ4n) is 1.26. The topological polar surface area (TPSA) is 38.3 Å². The summed E-state index contributed by atoms with van der Waals surface area (Å²) in [4.78, 5) is 11.4. The SMILES string of the molecule is CNC(C)COC(=O)CCc1ccccc1. The van der Waals surface area contributed by atoms with Gasteiger partial charge < -0.3 is 10.1 Å². The van der Waals surface area contributed by atoms with Crippen molar-refractivity contribution in [3.63, 3.8) is 0 Å². The lowest BCUT2D eigenvalue weighted by Gasteiger charge is -2.10. The summed E-state index contributed by atoms with van der Waals surface area (Å²) < 4.78 is 5.11. The summed E-state index contributed by atoms with van der Waals surface area (Å²) >= 11 is 0. The molecular weight excluding hydrogens is 202 g/mol. The molecule has 0 bridgehead atoms. The highest BCUT2D eigenvalue weighted by molar-refractivity contribution is 5.69. The van der Waals surface area contributed by atoms with Crippen LogP contribution >= 0.6 is 0 Å². The Bertz CT molecular complexity index is 311. The number of esters is 1. The summed E-state index contributed by atoms with van der Waals surface area (Å²) in [6, 6.07) is 10.2. The van der Waals surface area contributed by atoms with Crippen molar-refractivity contribution in [2.45, 2.75) is 25.8 Å². The molecule has 1 aromatic rings. The normalized spacial score (nSPS) is 12.1. The molecular formula is C13H19NO2. The maximum atomic E-state index is 11.4. The van der Waals surface area contributed by atoms with E-state index in [-0.39, 0.29) is 12.0 Å². The number of nitrogens with one attached hydrogen (secondary N) is 1. The van der Waals surface area contributed by atoms with Gasteiger partial charge in [0.15, 0.2) is 0 Å². The van der Waals surface area contributed by atoms with Gasteiger partial charge in [0.1, 0.15) is 6.61 Å². The van der Waals surface area contributed by atoms with E-state index >= 15 is 0 Å². The Kier molecular flexibility index (Phi) is 5.57. The van der Waals surface area contributed by atoms with Crippen LogP contribution in [0.5, 0.6) is 0 Å². The van der Waals surface area contributed by atoms with Gasteiger partial charge in [-0.1, -0.05) is 30.3 Å². The quantitative estimate of drug-likeness (QED) is 0.744. The van der Waals surface area contributed by atoms with Crippen molar-refractivity contribution in [1.82, 2.24) is 5.32 Å². The maximum absolute atomic E-state index is 11.4. The number of carbonyl (C=O) groups is 1. The molecule has 0 aliphatic rings. The standard InChI is InChI=1S/C13H19NO2/c1-11(14-2)10-16-13(15)9-8-12-6-4-3-5-7-12/h3-7,11,14H,8-10H2,1-2H3. The van der Waals surface area contributed by atoms with Gasteiger partial charge in [-0.2, -0.15) is 0 Å². The van der Waals surface area contributed by atoms with E-state index in [0.29, 0.717) is 13.0 Å². The van der Waals surface area contributed by atoms with Gasteiger partial charge >= 0.3 is 5.97 Å². The van der Waals surface area contributed by atoms with E-state index in [1.165, 1.54) is 5.56 Å². The molecule has 88 valence electrons. The second kappa shape index (κ2) is 7.01. The van der Waals surface area contributed by atoms with Gasteiger partial charge in [0.25, 0.3) is 0 Å². The minimum Gasteiger partial charge on any atom is -0.464 e. The first-order chi connectivity index (χ1) is 7.72. The lowest BCUT2D eigenvalue weighted by atomic mass is 10.1. The largest absolute Gasteiger partial charge is 0.464 e. The Morgan fingerprint density at radius 3 is 2.69 bits per heavy atom. The van der Waals surface area contributed by atoms with Gasteiger partial charge in [-0.15, -0.1) is 0 Å². The molecule has 1 atom stereocenters. The van der Waals surface area contributed by atoms with Crippen LogP contribution in [0.2, 0.25) is 0 Å². The Morgan fingerprint density at radius 1 is 1.38 bits per heavy atom. The number of hydrogen-bond acceptors (Lipinski definition) is 3. The van der Waals surface area contributed by atoms with Crippen molar-refractivity contribution in [2.75, 3.05) is 13.7 Å². The number of rotatable bonds is 6. The van der Waals surface area contributed by atoms with E-state index in [0.717, 1.165) is 6.42 Å². The van der Waals surface area contributed by atoms with Crippen LogP contribution in [0.15, 0.2) is 30.3 Å². The van der Waals surface area contributed by atoms with Gasteiger partial charge in [0.2, 0.25) is 0 Å². The molecule has 16 heavy (non-hydrogen) atoms. The number of carbonyl (C=O) groups excluding carboxylic acids is 1. The minimum atomic E-state index is -0.133. The van der Waals surface area contributed by atoms with Crippen molar-refractivity contribution in [2.24, 2.45) is 0 Å². The minimum absolute atomic E-state index is 0.133. The Labute approximate surface area is 96.8 Å². The zero-order chi connectivity index (χ0) is 11.8. The highest BCUT2D eigenvalue weighted by Gasteiger charge is 2.05. The van der Waals surface area contributed by atoms with Crippen molar-refractivity contribution in [3.05, 3.63) is 35.9 Å². The molecule has 0 heterocycles. The van der Waals surface area contributed by atoms with E-state index < -0.39 is 0 Å². The first kappa shape index (κ1) is 12.7. The molecule has 1 aromatic carbocycles. The van der Waals surface area contributed by atoms with Crippen LogP contribution in [0.3, 0.4) is 0 Å². The van der Waals surface area contributed by atoms with E-state index in [2.05, 4.69) is 5.32 Å². The van der Waals surface area contributed by atoms with E-state index in [1.54, 1.807) is 0 Å². The van der Waals surface area contributed by atoms with Gasteiger partial charge in [-0.25, -0.2) is 0 Å². The zero-order valence-electron chi connectivity index (χ0n) is 9.90. The molecule has 0 radical (unpaired) electrons. The van der Waals surface area contributed by atoms with Gasteiger partial charge in [0, 0.05) is 12.5 Å². The molecule has 1 N–H and O–H groups in total. The number of ether oxygens (including phenoxy) is 1. The van der Waals surface area contributed by atoms with Crippen molar-refractivity contribution < 1.29 is 9.53 Å². The molecule has 0 aliphatic carbocycles. The van der Waals surface area contributed by atoms with Crippen molar-refractivity contribution in [3.8, 4) is 0 Å². The van der Waals surface area contributed by atoms with Gasteiger partial charge in [0.05, 0.1) is 0 Å². The number of benzene rings is 1. The van der Waals surface area contributed by atoms with Crippen LogP contribution in [0.4, 0.5) is 0 Å². The van der Waals surface area contributed by atoms with Crippen LogP contribution in [0.25, 0.3) is 0 Å². The van der Waals surface area contributed by atoms with Crippen LogP contribution in [0, 0.1) is 0 Å². The smallest absolute Gasteiger partial charge is 0.306 e. The molecule has 3 nitrogen and oxygen atoms in total. The van der Waals surface area contributed by atoms with Crippen molar-refractivity contribution in [1.29, 1.82) is 0 Å². The van der Waals surface area contributed by atoms with Gasteiger partial charge in [-0.05, 0) is 26.0 Å². The molecule has 1 unspecified atom stereocenters. The summed E-state index contributed by atoms with van der Waals surface area (Å²) in [7, 11) is 1.85. The molecule has 0 amide bonds. The Hall–Kier alpha value is -1.35. The van der Waals surface area contributed by atoms with Crippen LogP contribution in [-0.4, -0.2) is 25.7 Å². The summed E-state index contributed by atoms with van der Waals surface area (Å²) in [5, 5.41) is 3.02. The molecule has 0 saturated heterocycles. The molecule has 3 heteroatoms. The molecule has 0 saturated carbocycles. The fraction of sp³-hybridized carbons (Fsp3) is 0.462. The molecule has 0 aromatic heterocycles.